The fourth-order valence-corrected chi connectivity index (χ4v) is 4.22. The summed E-state index contributed by atoms with van der Waals surface area (Å²) in [5, 5.41) is 13.9. The van der Waals surface area contributed by atoms with Gasteiger partial charge >= 0.3 is 0 Å². The van der Waals surface area contributed by atoms with Gasteiger partial charge in [-0.3, -0.25) is 4.79 Å². The van der Waals surface area contributed by atoms with Crippen LogP contribution in [0.4, 0.5) is 5.13 Å². The monoisotopic (exact) mass is 280 g/mol. The fourth-order valence-electron chi connectivity index (χ4n) is 3.56. The summed E-state index contributed by atoms with van der Waals surface area (Å²) in [4.78, 5) is 17.5. The van der Waals surface area contributed by atoms with Crippen LogP contribution in [0, 0.1) is 24.7 Å². The van der Waals surface area contributed by atoms with Gasteiger partial charge in [-0.05, 0) is 38.0 Å². The van der Waals surface area contributed by atoms with E-state index in [0.717, 1.165) is 24.1 Å². The van der Waals surface area contributed by atoms with Crippen molar-refractivity contribution in [2.45, 2.75) is 45.1 Å². The smallest absolute Gasteiger partial charge is 0.231 e. The first kappa shape index (κ1) is 13.1. The third kappa shape index (κ3) is 2.67. The first-order valence-electron chi connectivity index (χ1n) is 7.05. The van der Waals surface area contributed by atoms with E-state index in [1.807, 2.05) is 6.92 Å². The van der Waals surface area contributed by atoms with Crippen LogP contribution in [0.2, 0.25) is 0 Å². The topological polar surface area (TPSA) is 62.2 Å². The number of anilines is 1. The lowest BCUT2D eigenvalue weighted by Crippen LogP contribution is -2.45. The molecule has 0 saturated heterocycles. The SMILES string of the molecule is Cc1cnc(NC(=O)C2CC3CCCC(C3)C2O)s1. The number of carbonyl (C=O) groups is 1. The molecule has 5 heteroatoms. The van der Waals surface area contributed by atoms with Gasteiger partial charge < -0.3 is 10.4 Å². The largest absolute Gasteiger partial charge is 0.392 e. The zero-order valence-corrected chi connectivity index (χ0v) is 11.9. The van der Waals surface area contributed by atoms with Crippen molar-refractivity contribution in [1.29, 1.82) is 0 Å². The number of carbonyl (C=O) groups excluding carboxylic acids is 1. The van der Waals surface area contributed by atoms with Crippen LogP contribution >= 0.6 is 11.3 Å². The molecule has 2 aliphatic carbocycles. The van der Waals surface area contributed by atoms with Crippen LogP contribution in [-0.2, 0) is 4.79 Å². The molecule has 1 aromatic rings. The van der Waals surface area contributed by atoms with E-state index in [1.165, 1.54) is 24.2 Å². The van der Waals surface area contributed by atoms with E-state index in [9.17, 15) is 9.90 Å². The molecule has 2 aliphatic rings. The molecular weight excluding hydrogens is 260 g/mol. The molecule has 3 rings (SSSR count). The minimum absolute atomic E-state index is 0.0570. The highest BCUT2D eigenvalue weighted by atomic mass is 32.1. The molecule has 2 fully saturated rings. The number of amides is 1. The van der Waals surface area contributed by atoms with Gasteiger partial charge in [0.25, 0.3) is 0 Å². The maximum atomic E-state index is 12.3. The minimum atomic E-state index is -0.474. The third-order valence-electron chi connectivity index (χ3n) is 4.49. The maximum Gasteiger partial charge on any atom is 0.231 e. The number of aromatic nitrogens is 1. The van der Waals surface area contributed by atoms with Gasteiger partial charge in [0.15, 0.2) is 5.13 Å². The second kappa shape index (κ2) is 5.21. The number of fused-ring (bicyclic) bond motifs is 2. The van der Waals surface area contributed by atoms with Gasteiger partial charge in [0.05, 0.1) is 12.0 Å². The summed E-state index contributed by atoms with van der Waals surface area (Å²) in [6.07, 6.45) is 6.69. The molecule has 2 saturated carbocycles. The van der Waals surface area contributed by atoms with Crippen LogP contribution in [0.5, 0.6) is 0 Å². The average Bonchev–Trinajstić information content (AvgIpc) is 2.79. The van der Waals surface area contributed by atoms with E-state index < -0.39 is 6.10 Å². The zero-order chi connectivity index (χ0) is 13.4. The zero-order valence-electron chi connectivity index (χ0n) is 11.1. The third-order valence-corrected chi connectivity index (χ3v) is 5.32. The Labute approximate surface area is 117 Å². The summed E-state index contributed by atoms with van der Waals surface area (Å²) >= 11 is 1.48. The molecular formula is C14H20N2O2S. The highest BCUT2D eigenvalue weighted by Gasteiger charge is 2.42. The van der Waals surface area contributed by atoms with Crippen LogP contribution < -0.4 is 5.32 Å². The van der Waals surface area contributed by atoms with E-state index >= 15 is 0 Å². The summed E-state index contributed by atoms with van der Waals surface area (Å²) < 4.78 is 0. The Balaban J connectivity index is 1.68. The molecule has 4 atom stereocenters. The van der Waals surface area contributed by atoms with Crippen molar-refractivity contribution in [3.63, 3.8) is 0 Å². The lowest BCUT2D eigenvalue weighted by Gasteiger charge is -2.42. The van der Waals surface area contributed by atoms with Crippen LogP contribution in [0.15, 0.2) is 6.20 Å². The number of aliphatic hydroxyl groups excluding tert-OH is 1. The number of aryl methyl sites for hydroxylation is 1. The Morgan fingerprint density at radius 1 is 1.47 bits per heavy atom. The van der Waals surface area contributed by atoms with Gasteiger partial charge in [0, 0.05) is 11.1 Å². The van der Waals surface area contributed by atoms with Crippen LogP contribution in [-0.4, -0.2) is 22.1 Å². The summed E-state index contributed by atoms with van der Waals surface area (Å²) in [7, 11) is 0. The average molecular weight is 280 g/mol. The number of rotatable bonds is 2. The van der Waals surface area contributed by atoms with Crippen LogP contribution in [0.3, 0.4) is 0 Å². The predicted molar refractivity (Wildman–Crippen MR) is 75.0 cm³/mol. The number of hydrogen-bond donors (Lipinski definition) is 2. The van der Waals surface area contributed by atoms with Gasteiger partial charge in [-0.2, -0.15) is 0 Å². The van der Waals surface area contributed by atoms with Crippen LogP contribution in [0.1, 0.15) is 37.0 Å². The second-order valence-corrected chi connectivity index (χ2v) is 7.13. The van der Waals surface area contributed by atoms with Crippen molar-refractivity contribution in [3.05, 3.63) is 11.1 Å². The molecule has 1 amide bonds. The minimum Gasteiger partial charge on any atom is -0.392 e. The van der Waals surface area contributed by atoms with Gasteiger partial charge in [0.1, 0.15) is 0 Å². The normalized spacial score (nSPS) is 34.0. The molecule has 0 aliphatic heterocycles. The molecule has 104 valence electrons. The highest BCUT2D eigenvalue weighted by molar-refractivity contribution is 7.15. The molecule has 2 bridgehead atoms. The van der Waals surface area contributed by atoms with Crippen molar-refractivity contribution < 1.29 is 9.90 Å². The standard InChI is InChI=1S/C14H20N2O2S/c1-8-7-15-14(19-8)16-13(18)11-6-9-3-2-4-10(5-9)12(11)17/h7,9-12,17H,2-6H2,1H3,(H,15,16,18). The molecule has 1 heterocycles. The predicted octanol–water partition coefficient (Wildman–Crippen LogP) is 2.58. The second-order valence-electron chi connectivity index (χ2n) is 5.89. The Hall–Kier alpha value is -0.940. The lowest BCUT2D eigenvalue weighted by atomic mass is 9.66. The molecule has 0 aromatic carbocycles. The lowest BCUT2D eigenvalue weighted by molar-refractivity contribution is -0.129. The molecule has 19 heavy (non-hydrogen) atoms. The Bertz CT molecular complexity index is 474. The highest BCUT2D eigenvalue weighted by Crippen LogP contribution is 2.43. The van der Waals surface area contributed by atoms with E-state index in [0.29, 0.717) is 17.0 Å². The summed E-state index contributed by atoms with van der Waals surface area (Å²) in [5.41, 5.74) is 0. The van der Waals surface area contributed by atoms with Crippen molar-refractivity contribution in [1.82, 2.24) is 4.98 Å². The number of thiazole rings is 1. The van der Waals surface area contributed by atoms with E-state index in [4.69, 9.17) is 0 Å². The summed E-state index contributed by atoms with van der Waals surface area (Å²) in [6, 6.07) is 0. The fraction of sp³-hybridized carbons (Fsp3) is 0.714. The van der Waals surface area contributed by atoms with Gasteiger partial charge in [-0.25, -0.2) is 4.98 Å². The van der Waals surface area contributed by atoms with E-state index in [-0.39, 0.29) is 11.8 Å². The maximum absolute atomic E-state index is 12.3. The van der Waals surface area contributed by atoms with Gasteiger partial charge in [0.2, 0.25) is 5.91 Å². The van der Waals surface area contributed by atoms with Crippen LogP contribution in [0.25, 0.3) is 0 Å². The number of aliphatic hydroxyl groups is 1. The number of hydrogen-bond acceptors (Lipinski definition) is 4. The number of nitrogens with zero attached hydrogens (tertiary/aromatic N) is 1. The Kier molecular flexibility index (Phi) is 3.58. The van der Waals surface area contributed by atoms with E-state index in [2.05, 4.69) is 10.3 Å². The van der Waals surface area contributed by atoms with Crippen molar-refractivity contribution >= 4 is 22.4 Å². The van der Waals surface area contributed by atoms with Crippen molar-refractivity contribution in [2.75, 3.05) is 5.32 Å². The quantitative estimate of drug-likeness (QED) is 0.875. The molecule has 0 spiro atoms. The Morgan fingerprint density at radius 3 is 3.05 bits per heavy atom. The first-order chi connectivity index (χ1) is 9.13. The van der Waals surface area contributed by atoms with Gasteiger partial charge in [-0.15, -0.1) is 11.3 Å². The molecule has 4 nitrogen and oxygen atoms in total. The Morgan fingerprint density at radius 2 is 2.32 bits per heavy atom. The summed E-state index contributed by atoms with van der Waals surface area (Å²) in [5.74, 6) is 0.629. The van der Waals surface area contributed by atoms with Crippen molar-refractivity contribution in [3.8, 4) is 0 Å². The molecule has 1 aromatic heterocycles. The first-order valence-corrected chi connectivity index (χ1v) is 7.86. The van der Waals surface area contributed by atoms with E-state index in [1.54, 1.807) is 6.20 Å². The molecule has 4 unspecified atom stereocenters. The number of nitrogens with one attached hydrogen (secondary N) is 1. The summed E-state index contributed by atoms with van der Waals surface area (Å²) in [6.45, 7) is 1.97. The molecule has 2 N–H and O–H groups in total. The van der Waals surface area contributed by atoms with Crippen molar-refractivity contribution in [2.24, 2.45) is 17.8 Å². The van der Waals surface area contributed by atoms with Gasteiger partial charge in [-0.1, -0.05) is 12.8 Å². The molecule has 0 radical (unpaired) electrons.